The van der Waals surface area contributed by atoms with Crippen molar-refractivity contribution in [1.29, 1.82) is 0 Å². The molecular formula is C6H2Cl3Li. The summed E-state index contributed by atoms with van der Waals surface area (Å²) in [5.74, 6) is 0. The molecule has 1 aromatic rings. The Labute approximate surface area is 86.6 Å². The van der Waals surface area contributed by atoms with E-state index >= 15 is 0 Å². The molecule has 0 atom stereocenters. The topological polar surface area (TPSA) is 0 Å². The third-order valence-electron chi connectivity index (χ3n) is 0.768. The van der Waals surface area contributed by atoms with E-state index in [1.165, 1.54) is 0 Å². The van der Waals surface area contributed by atoms with E-state index in [9.17, 15) is 0 Å². The Balaban J connectivity index is 0.000000810. The summed E-state index contributed by atoms with van der Waals surface area (Å²) < 4.78 is 0. The molecule has 10 heavy (non-hydrogen) atoms. The van der Waals surface area contributed by atoms with Gasteiger partial charge in [-0.25, -0.2) is 0 Å². The van der Waals surface area contributed by atoms with Crippen LogP contribution in [-0.2, 0) is 0 Å². The van der Waals surface area contributed by atoms with Gasteiger partial charge in [-0.05, 0) is 0 Å². The first-order valence-corrected chi connectivity index (χ1v) is 3.36. The Hall–Kier alpha value is 0.687. The Morgan fingerprint density at radius 2 is 1.40 bits per heavy atom. The number of hydrogen-bond acceptors (Lipinski definition) is 0. The molecule has 0 spiro atoms. The van der Waals surface area contributed by atoms with Gasteiger partial charge in [-0.3, -0.25) is 0 Å². The van der Waals surface area contributed by atoms with Crippen LogP contribution in [0.5, 0.6) is 0 Å². The van der Waals surface area contributed by atoms with Crippen molar-refractivity contribution in [2.75, 3.05) is 0 Å². The second-order valence-electron chi connectivity index (χ2n) is 1.49. The van der Waals surface area contributed by atoms with Crippen LogP contribution in [0.2, 0.25) is 15.1 Å². The van der Waals surface area contributed by atoms with E-state index in [1.807, 2.05) is 0 Å². The zero-order valence-corrected chi connectivity index (χ0v) is 7.56. The molecule has 0 saturated heterocycles. The second-order valence-corrected chi connectivity index (χ2v) is 2.75. The fourth-order valence-corrected chi connectivity index (χ4v) is 1.29. The van der Waals surface area contributed by atoms with E-state index in [0.717, 1.165) is 0 Å². The van der Waals surface area contributed by atoms with Gasteiger partial charge in [0.2, 0.25) is 0 Å². The van der Waals surface area contributed by atoms with E-state index in [0.29, 0.717) is 15.1 Å². The van der Waals surface area contributed by atoms with Crippen molar-refractivity contribution in [1.82, 2.24) is 0 Å². The minimum Gasteiger partial charge on any atom is -0.144 e. The van der Waals surface area contributed by atoms with Crippen LogP contribution in [0.3, 0.4) is 0 Å². The molecule has 48 valence electrons. The van der Waals surface area contributed by atoms with Crippen LogP contribution in [0.25, 0.3) is 0 Å². The van der Waals surface area contributed by atoms with Gasteiger partial charge >= 0.3 is 18.9 Å². The summed E-state index contributed by atoms with van der Waals surface area (Å²) in [6.45, 7) is 0. The van der Waals surface area contributed by atoms with Crippen LogP contribution >= 0.6 is 34.8 Å². The van der Waals surface area contributed by atoms with Crippen LogP contribution in [0, 0.1) is 6.07 Å². The average Bonchev–Trinajstić information content (AvgIpc) is 1.59. The molecule has 0 nitrogen and oxygen atoms in total. The molecule has 0 aliphatic heterocycles. The summed E-state index contributed by atoms with van der Waals surface area (Å²) in [6, 6.07) is 5.81. The van der Waals surface area contributed by atoms with Crippen molar-refractivity contribution in [3.05, 3.63) is 33.3 Å². The van der Waals surface area contributed by atoms with Crippen LogP contribution in [-0.4, -0.2) is 0 Å². The molecule has 0 bridgehead atoms. The van der Waals surface area contributed by atoms with Crippen molar-refractivity contribution in [3.8, 4) is 0 Å². The molecule has 0 aliphatic carbocycles. The summed E-state index contributed by atoms with van der Waals surface area (Å²) in [5.41, 5.74) is 0. The molecular weight excluding hydrogens is 185 g/mol. The quantitative estimate of drug-likeness (QED) is 0.409. The Kier molecular flexibility index (Phi) is 4.85. The maximum Gasteiger partial charge on any atom is 1.00 e. The van der Waals surface area contributed by atoms with Gasteiger partial charge < -0.3 is 0 Å². The van der Waals surface area contributed by atoms with Gasteiger partial charge in [0, 0.05) is 0 Å². The first kappa shape index (κ1) is 10.7. The fraction of sp³-hybridized carbons (Fsp3) is 0. The molecule has 0 unspecified atom stereocenters. The largest absolute Gasteiger partial charge is 1.00 e. The summed E-state index contributed by atoms with van der Waals surface area (Å²) in [5, 5.41) is 1.41. The predicted octanol–water partition coefficient (Wildman–Crippen LogP) is 0.451. The van der Waals surface area contributed by atoms with Crippen LogP contribution in [0.4, 0.5) is 0 Å². The van der Waals surface area contributed by atoms with Crippen molar-refractivity contribution >= 4 is 34.8 Å². The molecule has 0 fully saturated rings. The second kappa shape index (κ2) is 4.54. The van der Waals surface area contributed by atoms with E-state index in [4.69, 9.17) is 34.8 Å². The maximum absolute atomic E-state index is 5.56. The van der Waals surface area contributed by atoms with Crippen molar-refractivity contribution < 1.29 is 18.9 Å². The molecule has 0 amide bonds. The Morgan fingerprint density at radius 3 is 1.70 bits per heavy atom. The number of halogens is 3. The average molecular weight is 187 g/mol. The standard InChI is InChI=1S/C6H2Cl3.Li/c7-4-1-5(8)3-6(9)2-4;/h1-2H;/q-1;+1. The van der Waals surface area contributed by atoms with Gasteiger partial charge in [-0.1, -0.05) is 15.1 Å². The van der Waals surface area contributed by atoms with Gasteiger partial charge in [0.1, 0.15) is 0 Å². The van der Waals surface area contributed by atoms with Gasteiger partial charge in [-0.2, -0.15) is 0 Å². The SMILES string of the molecule is Clc1[c-]c(Cl)cc(Cl)c1.[Li+]. The minimum atomic E-state index is 0. The number of hydrogen-bond donors (Lipinski definition) is 0. The third kappa shape index (κ3) is 3.19. The van der Waals surface area contributed by atoms with Crippen LogP contribution < -0.4 is 18.9 Å². The maximum atomic E-state index is 5.56. The Bertz CT molecular complexity index is 174. The third-order valence-corrected chi connectivity index (χ3v) is 1.39. The summed E-state index contributed by atoms with van der Waals surface area (Å²) in [6.07, 6.45) is 0. The van der Waals surface area contributed by atoms with Gasteiger partial charge in [0.25, 0.3) is 0 Å². The monoisotopic (exact) mass is 186 g/mol. The molecule has 1 rings (SSSR count). The molecule has 0 aromatic heterocycles. The predicted molar refractivity (Wildman–Crippen MR) is 40.3 cm³/mol. The zero-order chi connectivity index (χ0) is 6.85. The van der Waals surface area contributed by atoms with E-state index in [1.54, 1.807) is 12.1 Å². The summed E-state index contributed by atoms with van der Waals surface area (Å²) >= 11 is 16.6. The molecule has 0 aliphatic rings. The van der Waals surface area contributed by atoms with E-state index in [-0.39, 0.29) is 18.9 Å². The van der Waals surface area contributed by atoms with Crippen molar-refractivity contribution in [3.63, 3.8) is 0 Å². The van der Waals surface area contributed by atoms with Crippen molar-refractivity contribution in [2.45, 2.75) is 0 Å². The molecule has 0 radical (unpaired) electrons. The first-order chi connectivity index (χ1) is 4.18. The number of benzene rings is 1. The summed E-state index contributed by atoms with van der Waals surface area (Å²) in [7, 11) is 0. The van der Waals surface area contributed by atoms with E-state index in [2.05, 4.69) is 6.07 Å². The van der Waals surface area contributed by atoms with Crippen LogP contribution in [0.15, 0.2) is 12.1 Å². The molecule has 0 saturated carbocycles. The fourth-order valence-electron chi connectivity index (χ4n) is 0.470. The minimum absolute atomic E-state index is 0. The molecule has 0 N–H and O–H groups in total. The Morgan fingerprint density at radius 1 is 1.00 bits per heavy atom. The van der Waals surface area contributed by atoms with Crippen molar-refractivity contribution in [2.24, 2.45) is 0 Å². The number of rotatable bonds is 0. The molecule has 0 heterocycles. The van der Waals surface area contributed by atoms with Gasteiger partial charge in [0.05, 0.1) is 0 Å². The normalized spacial score (nSPS) is 8.70. The molecule has 4 heteroatoms. The van der Waals surface area contributed by atoms with Gasteiger partial charge in [-0.15, -0.1) is 53.0 Å². The zero-order valence-electron chi connectivity index (χ0n) is 5.29. The molecule has 1 aromatic carbocycles. The first-order valence-electron chi connectivity index (χ1n) is 2.22. The van der Waals surface area contributed by atoms with Gasteiger partial charge in [0.15, 0.2) is 0 Å². The van der Waals surface area contributed by atoms with E-state index < -0.39 is 0 Å². The summed E-state index contributed by atoms with van der Waals surface area (Å²) in [4.78, 5) is 0. The smallest absolute Gasteiger partial charge is 0.144 e. The van der Waals surface area contributed by atoms with Crippen LogP contribution in [0.1, 0.15) is 0 Å².